The second kappa shape index (κ2) is 6.48. The van der Waals surface area contributed by atoms with Crippen LogP contribution in [0.2, 0.25) is 0 Å². The third-order valence-corrected chi connectivity index (χ3v) is 6.66. The van der Waals surface area contributed by atoms with Gasteiger partial charge >= 0.3 is 14.2 Å². The standard InChI is InChI=1S/C21H32B2O4/c1-15(22-24-18(2,3)19(4,5)25-22)17(16-13-11-10-12-14-16)23-26-20(6,7)21(8,9)27-23/h10-14,17H,1H2,2-9H3/t17-/m1/s1. The highest BCUT2D eigenvalue weighted by molar-refractivity contribution is 6.60. The highest BCUT2D eigenvalue weighted by Crippen LogP contribution is 2.46. The first-order valence-electron chi connectivity index (χ1n) is 9.72. The van der Waals surface area contributed by atoms with Crippen molar-refractivity contribution in [3.63, 3.8) is 0 Å². The lowest BCUT2D eigenvalue weighted by atomic mass is 9.55. The van der Waals surface area contributed by atoms with Crippen molar-refractivity contribution in [3.05, 3.63) is 47.9 Å². The van der Waals surface area contributed by atoms with Crippen LogP contribution in [-0.2, 0) is 18.6 Å². The van der Waals surface area contributed by atoms with E-state index in [0.29, 0.717) is 0 Å². The first-order valence-corrected chi connectivity index (χ1v) is 9.72. The van der Waals surface area contributed by atoms with Gasteiger partial charge in [0.1, 0.15) is 0 Å². The van der Waals surface area contributed by atoms with Crippen LogP contribution in [0.25, 0.3) is 0 Å². The van der Waals surface area contributed by atoms with Gasteiger partial charge in [0.2, 0.25) is 0 Å². The summed E-state index contributed by atoms with van der Waals surface area (Å²) < 4.78 is 25.3. The summed E-state index contributed by atoms with van der Waals surface area (Å²) in [5.41, 5.74) is 0.228. The van der Waals surface area contributed by atoms with Crippen LogP contribution in [0.1, 0.15) is 66.8 Å². The Morgan fingerprint density at radius 3 is 1.59 bits per heavy atom. The van der Waals surface area contributed by atoms with Crippen molar-refractivity contribution < 1.29 is 18.6 Å². The minimum atomic E-state index is -0.515. The summed E-state index contributed by atoms with van der Waals surface area (Å²) in [6.07, 6.45) is 0. The Morgan fingerprint density at radius 2 is 1.15 bits per heavy atom. The van der Waals surface area contributed by atoms with Gasteiger partial charge in [0.05, 0.1) is 22.4 Å². The second-order valence-electron chi connectivity index (χ2n) is 9.68. The lowest BCUT2D eigenvalue weighted by Gasteiger charge is -2.32. The summed E-state index contributed by atoms with van der Waals surface area (Å²) in [5.74, 6) is -0.193. The topological polar surface area (TPSA) is 36.9 Å². The first-order chi connectivity index (χ1) is 12.3. The lowest BCUT2D eigenvalue weighted by molar-refractivity contribution is 0.00578. The SMILES string of the molecule is C=C(B1OC(C)(C)C(C)(C)O1)[C@@H](B1OC(C)(C)C(C)(C)O1)c1ccccc1. The van der Waals surface area contributed by atoms with Gasteiger partial charge in [-0.1, -0.05) is 30.3 Å². The number of hydrogen-bond acceptors (Lipinski definition) is 4. The summed E-state index contributed by atoms with van der Waals surface area (Å²) in [5, 5.41) is 0. The van der Waals surface area contributed by atoms with Gasteiger partial charge in [-0.2, -0.15) is 0 Å². The number of rotatable bonds is 4. The quantitative estimate of drug-likeness (QED) is 0.727. The van der Waals surface area contributed by atoms with Crippen molar-refractivity contribution in [2.75, 3.05) is 0 Å². The molecule has 1 atom stereocenters. The average Bonchev–Trinajstić information content (AvgIpc) is 2.88. The van der Waals surface area contributed by atoms with Gasteiger partial charge in [0.25, 0.3) is 0 Å². The molecule has 0 bridgehead atoms. The molecule has 0 aromatic heterocycles. The molecule has 2 heterocycles. The molecule has 0 spiro atoms. The van der Waals surface area contributed by atoms with Gasteiger partial charge in [-0.25, -0.2) is 0 Å². The van der Waals surface area contributed by atoms with Crippen molar-refractivity contribution in [1.82, 2.24) is 0 Å². The molecular weight excluding hydrogens is 338 g/mol. The van der Waals surface area contributed by atoms with E-state index in [1.54, 1.807) is 0 Å². The second-order valence-corrected chi connectivity index (χ2v) is 9.68. The summed E-state index contributed by atoms with van der Waals surface area (Å²) in [7, 11) is -0.969. The van der Waals surface area contributed by atoms with Gasteiger partial charge in [-0.3, -0.25) is 0 Å². The van der Waals surface area contributed by atoms with Crippen LogP contribution in [0, 0.1) is 0 Å². The first kappa shape index (κ1) is 20.7. The molecule has 2 fully saturated rings. The molecule has 0 N–H and O–H groups in total. The van der Waals surface area contributed by atoms with Crippen LogP contribution >= 0.6 is 0 Å². The zero-order chi connectivity index (χ0) is 20.3. The Balaban J connectivity index is 1.94. The molecule has 1 aromatic carbocycles. The summed E-state index contributed by atoms with van der Waals surface area (Å²) in [4.78, 5) is 0. The highest BCUT2D eigenvalue weighted by atomic mass is 16.7. The zero-order valence-corrected chi connectivity index (χ0v) is 18.0. The maximum absolute atomic E-state index is 6.37. The Kier molecular flexibility index (Phi) is 4.96. The van der Waals surface area contributed by atoms with Crippen molar-refractivity contribution in [2.24, 2.45) is 0 Å². The molecule has 1 aromatic rings. The predicted octanol–water partition coefficient (Wildman–Crippen LogP) is 4.59. The van der Waals surface area contributed by atoms with Gasteiger partial charge in [0.15, 0.2) is 0 Å². The monoisotopic (exact) mass is 370 g/mol. The molecule has 146 valence electrons. The molecule has 27 heavy (non-hydrogen) atoms. The Morgan fingerprint density at radius 1 is 0.741 bits per heavy atom. The van der Waals surface area contributed by atoms with E-state index in [1.807, 2.05) is 45.9 Å². The normalized spacial score (nSPS) is 26.2. The smallest absolute Gasteiger partial charge is 0.403 e. The van der Waals surface area contributed by atoms with E-state index in [0.717, 1.165) is 11.0 Å². The molecule has 0 amide bonds. The van der Waals surface area contributed by atoms with Gasteiger partial charge in [-0.05, 0) is 66.4 Å². The number of hydrogen-bond donors (Lipinski definition) is 0. The minimum absolute atomic E-state index is 0.193. The molecule has 3 rings (SSSR count). The minimum Gasteiger partial charge on any atom is -0.403 e. The molecule has 0 aliphatic carbocycles. The summed E-state index contributed by atoms with van der Waals surface area (Å²) in [6, 6.07) is 10.2. The molecule has 2 aliphatic rings. The van der Waals surface area contributed by atoms with Crippen molar-refractivity contribution in [3.8, 4) is 0 Å². The van der Waals surface area contributed by atoms with Crippen LogP contribution in [0.4, 0.5) is 0 Å². The molecule has 0 saturated carbocycles. The Bertz CT molecular complexity index is 680. The molecule has 0 unspecified atom stereocenters. The lowest BCUT2D eigenvalue weighted by Crippen LogP contribution is -2.41. The third-order valence-electron chi connectivity index (χ3n) is 6.66. The average molecular weight is 370 g/mol. The van der Waals surface area contributed by atoms with E-state index in [4.69, 9.17) is 18.6 Å². The summed E-state index contributed by atoms with van der Waals surface area (Å²) in [6.45, 7) is 20.8. The van der Waals surface area contributed by atoms with Crippen LogP contribution in [0.15, 0.2) is 42.4 Å². The molecule has 2 aliphatic heterocycles. The summed E-state index contributed by atoms with van der Waals surface area (Å²) >= 11 is 0. The fourth-order valence-electron chi connectivity index (χ4n) is 3.37. The van der Waals surface area contributed by atoms with Crippen molar-refractivity contribution in [1.29, 1.82) is 0 Å². The zero-order valence-electron chi connectivity index (χ0n) is 18.0. The van der Waals surface area contributed by atoms with Crippen LogP contribution in [0.3, 0.4) is 0 Å². The molecule has 2 saturated heterocycles. The maximum Gasteiger partial charge on any atom is 0.490 e. The van der Waals surface area contributed by atoms with E-state index in [9.17, 15) is 0 Å². The number of allylic oxidation sites excluding steroid dienone is 1. The Hall–Kier alpha value is -1.07. The molecule has 4 nitrogen and oxygen atoms in total. The van der Waals surface area contributed by atoms with E-state index >= 15 is 0 Å². The van der Waals surface area contributed by atoms with Crippen molar-refractivity contribution in [2.45, 2.75) is 83.6 Å². The highest BCUT2D eigenvalue weighted by Gasteiger charge is 2.58. The fourth-order valence-corrected chi connectivity index (χ4v) is 3.37. The van der Waals surface area contributed by atoms with Crippen LogP contribution < -0.4 is 0 Å². The van der Waals surface area contributed by atoms with E-state index in [1.165, 1.54) is 0 Å². The Labute approximate surface area is 164 Å². The van der Waals surface area contributed by atoms with Gasteiger partial charge in [-0.15, -0.1) is 6.58 Å². The third kappa shape index (κ3) is 3.53. The van der Waals surface area contributed by atoms with Crippen molar-refractivity contribution >= 4 is 14.2 Å². The molecule has 0 radical (unpaired) electrons. The van der Waals surface area contributed by atoms with Gasteiger partial charge in [0, 0.05) is 5.82 Å². The number of benzene rings is 1. The fraction of sp³-hybridized carbons (Fsp3) is 0.619. The van der Waals surface area contributed by atoms with E-state index < -0.39 is 36.6 Å². The van der Waals surface area contributed by atoms with Crippen LogP contribution in [0.5, 0.6) is 0 Å². The predicted molar refractivity (Wildman–Crippen MR) is 110 cm³/mol. The van der Waals surface area contributed by atoms with E-state index in [-0.39, 0.29) is 5.82 Å². The largest absolute Gasteiger partial charge is 0.490 e. The maximum atomic E-state index is 6.37. The van der Waals surface area contributed by atoms with E-state index in [2.05, 4.69) is 46.4 Å². The van der Waals surface area contributed by atoms with Crippen LogP contribution in [-0.4, -0.2) is 36.6 Å². The molecular formula is C21H32B2O4. The van der Waals surface area contributed by atoms with Gasteiger partial charge < -0.3 is 18.6 Å². The molecule has 6 heteroatoms.